The standard InChI is InChI=1S/C15H14N4O/c1-15(20,14-17-6-7-18-14)13-11-5-3-2-4-10(11)12-8-16-9-19(12)13/h2-9,13,20H,1H3,(H,17,18)/t13-,15+/m1/s1. The number of hydrogen-bond acceptors (Lipinski definition) is 3. The van der Waals surface area contributed by atoms with E-state index < -0.39 is 5.60 Å². The first-order chi connectivity index (χ1) is 9.69. The van der Waals surface area contributed by atoms with Gasteiger partial charge in [-0.3, -0.25) is 0 Å². The lowest BCUT2D eigenvalue weighted by Crippen LogP contribution is -2.34. The topological polar surface area (TPSA) is 66.7 Å². The van der Waals surface area contributed by atoms with Crippen LogP contribution in [0.2, 0.25) is 0 Å². The molecule has 2 N–H and O–H groups in total. The summed E-state index contributed by atoms with van der Waals surface area (Å²) in [6.45, 7) is 1.78. The van der Waals surface area contributed by atoms with Crippen molar-refractivity contribution in [2.45, 2.75) is 18.6 Å². The SMILES string of the molecule is C[C@@](O)(c1ncc[nH]1)[C@H]1c2ccccc2-c2cncn21. The predicted molar refractivity (Wildman–Crippen MR) is 74.0 cm³/mol. The highest BCUT2D eigenvalue weighted by atomic mass is 16.3. The summed E-state index contributed by atoms with van der Waals surface area (Å²) in [5, 5.41) is 11.0. The molecule has 2 atom stereocenters. The fourth-order valence-corrected chi connectivity index (χ4v) is 3.08. The van der Waals surface area contributed by atoms with Crippen LogP contribution in [0.15, 0.2) is 49.2 Å². The quantitative estimate of drug-likeness (QED) is 0.746. The van der Waals surface area contributed by atoms with Gasteiger partial charge in [0.2, 0.25) is 0 Å². The fourth-order valence-electron chi connectivity index (χ4n) is 3.08. The van der Waals surface area contributed by atoms with Crippen LogP contribution in [-0.4, -0.2) is 24.6 Å². The summed E-state index contributed by atoms with van der Waals surface area (Å²) in [6, 6.07) is 7.86. The Hall–Kier alpha value is -2.40. The van der Waals surface area contributed by atoms with Crippen LogP contribution in [0.4, 0.5) is 0 Å². The monoisotopic (exact) mass is 266 g/mol. The summed E-state index contributed by atoms with van der Waals surface area (Å²) in [5.41, 5.74) is 2.09. The molecule has 1 aliphatic heterocycles. The molecule has 0 saturated heterocycles. The van der Waals surface area contributed by atoms with Crippen LogP contribution in [0.5, 0.6) is 0 Å². The summed E-state index contributed by atoms with van der Waals surface area (Å²) < 4.78 is 2.01. The van der Waals surface area contributed by atoms with Crippen LogP contribution in [0.3, 0.4) is 0 Å². The second-order valence-corrected chi connectivity index (χ2v) is 5.26. The van der Waals surface area contributed by atoms with Crippen molar-refractivity contribution in [3.8, 4) is 11.3 Å². The maximum atomic E-state index is 11.0. The van der Waals surface area contributed by atoms with Gasteiger partial charge in [-0.1, -0.05) is 24.3 Å². The molecule has 1 aliphatic rings. The molecule has 0 fully saturated rings. The van der Waals surface area contributed by atoms with E-state index in [9.17, 15) is 5.11 Å². The van der Waals surface area contributed by atoms with E-state index in [1.807, 2.05) is 29.0 Å². The average Bonchev–Trinajstić information content (AvgIpc) is 3.15. The van der Waals surface area contributed by atoms with Crippen molar-refractivity contribution in [3.05, 3.63) is 60.6 Å². The lowest BCUT2D eigenvalue weighted by Gasteiger charge is -2.30. The lowest BCUT2D eigenvalue weighted by atomic mass is 9.89. The van der Waals surface area contributed by atoms with E-state index in [-0.39, 0.29) is 6.04 Å². The zero-order chi connectivity index (χ0) is 13.7. The van der Waals surface area contributed by atoms with Crippen molar-refractivity contribution in [3.63, 3.8) is 0 Å². The molecule has 0 aliphatic carbocycles. The predicted octanol–water partition coefficient (Wildman–Crippen LogP) is 2.08. The third kappa shape index (κ3) is 1.35. The zero-order valence-corrected chi connectivity index (χ0v) is 11.0. The van der Waals surface area contributed by atoms with Crippen LogP contribution >= 0.6 is 0 Å². The van der Waals surface area contributed by atoms with Crippen molar-refractivity contribution in [2.24, 2.45) is 0 Å². The number of rotatable bonds is 2. The van der Waals surface area contributed by atoms with Gasteiger partial charge in [-0.15, -0.1) is 0 Å². The molecule has 3 heterocycles. The maximum absolute atomic E-state index is 11.0. The largest absolute Gasteiger partial charge is 0.380 e. The number of H-pyrrole nitrogens is 1. The summed E-state index contributed by atoms with van der Waals surface area (Å²) in [4.78, 5) is 11.4. The molecule has 3 aromatic rings. The minimum absolute atomic E-state index is 0.234. The fraction of sp³-hybridized carbons (Fsp3) is 0.200. The van der Waals surface area contributed by atoms with E-state index in [1.165, 1.54) is 0 Å². The van der Waals surface area contributed by atoms with Crippen molar-refractivity contribution in [1.29, 1.82) is 0 Å². The van der Waals surface area contributed by atoms with Gasteiger partial charge in [0, 0.05) is 18.0 Å². The normalized spacial score (nSPS) is 19.4. The van der Waals surface area contributed by atoms with Gasteiger partial charge in [0.1, 0.15) is 11.4 Å². The maximum Gasteiger partial charge on any atom is 0.144 e. The van der Waals surface area contributed by atoms with Crippen LogP contribution in [0.1, 0.15) is 24.4 Å². The Bertz CT molecular complexity index is 758. The Labute approximate surface area is 115 Å². The average molecular weight is 266 g/mol. The Balaban J connectivity index is 1.95. The van der Waals surface area contributed by atoms with Gasteiger partial charge in [0.05, 0.1) is 24.3 Å². The third-order valence-corrected chi connectivity index (χ3v) is 3.99. The van der Waals surface area contributed by atoms with Crippen LogP contribution < -0.4 is 0 Å². The second kappa shape index (κ2) is 3.80. The summed E-state index contributed by atoms with van der Waals surface area (Å²) >= 11 is 0. The van der Waals surface area contributed by atoms with Gasteiger partial charge in [0.15, 0.2) is 0 Å². The molecule has 5 nitrogen and oxygen atoms in total. The number of hydrogen-bond donors (Lipinski definition) is 2. The Morgan fingerprint density at radius 3 is 3.00 bits per heavy atom. The Morgan fingerprint density at radius 1 is 1.35 bits per heavy atom. The molecule has 0 bridgehead atoms. The highest BCUT2D eigenvalue weighted by Crippen LogP contribution is 2.46. The Kier molecular flexibility index (Phi) is 2.17. The van der Waals surface area contributed by atoms with E-state index in [1.54, 1.807) is 25.6 Å². The summed E-state index contributed by atoms with van der Waals surface area (Å²) in [6.07, 6.45) is 6.97. The minimum Gasteiger partial charge on any atom is -0.380 e. The molecule has 0 unspecified atom stereocenters. The molecule has 100 valence electrons. The number of imidazole rings is 2. The van der Waals surface area contributed by atoms with Crippen molar-refractivity contribution >= 4 is 0 Å². The van der Waals surface area contributed by atoms with E-state index in [4.69, 9.17) is 0 Å². The summed E-state index contributed by atoms with van der Waals surface area (Å²) in [7, 11) is 0. The molecule has 0 amide bonds. The first-order valence-electron chi connectivity index (χ1n) is 6.53. The van der Waals surface area contributed by atoms with Crippen molar-refractivity contribution in [1.82, 2.24) is 19.5 Å². The lowest BCUT2D eigenvalue weighted by molar-refractivity contribution is 0.0106. The van der Waals surface area contributed by atoms with Gasteiger partial charge in [0.25, 0.3) is 0 Å². The number of nitrogens with one attached hydrogen (secondary N) is 1. The number of fused-ring (bicyclic) bond motifs is 3. The number of aliphatic hydroxyl groups is 1. The molecule has 0 spiro atoms. The molecule has 4 rings (SSSR count). The smallest absolute Gasteiger partial charge is 0.144 e. The minimum atomic E-state index is -1.13. The van der Waals surface area contributed by atoms with Gasteiger partial charge in [-0.2, -0.15) is 0 Å². The van der Waals surface area contributed by atoms with E-state index in [0.29, 0.717) is 5.82 Å². The summed E-state index contributed by atoms with van der Waals surface area (Å²) in [5.74, 6) is 0.554. The molecular formula is C15H14N4O. The van der Waals surface area contributed by atoms with Crippen molar-refractivity contribution in [2.75, 3.05) is 0 Å². The van der Waals surface area contributed by atoms with Crippen LogP contribution in [0, 0.1) is 0 Å². The zero-order valence-electron chi connectivity index (χ0n) is 11.0. The third-order valence-electron chi connectivity index (χ3n) is 3.99. The number of nitrogens with zero attached hydrogens (tertiary/aromatic N) is 3. The molecule has 0 saturated carbocycles. The molecule has 20 heavy (non-hydrogen) atoms. The molecule has 5 heteroatoms. The highest BCUT2D eigenvalue weighted by molar-refractivity contribution is 5.69. The number of aromatic amines is 1. The molecular weight excluding hydrogens is 252 g/mol. The Morgan fingerprint density at radius 2 is 2.20 bits per heavy atom. The van der Waals surface area contributed by atoms with Crippen LogP contribution in [-0.2, 0) is 5.60 Å². The van der Waals surface area contributed by atoms with E-state index in [2.05, 4.69) is 21.0 Å². The van der Waals surface area contributed by atoms with Gasteiger partial charge < -0.3 is 14.7 Å². The van der Waals surface area contributed by atoms with Gasteiger partial charge in [-0.05, 0) is 12.5 Å². The van der Waals surface area contributed by atoms with Gasteiger partial charge in [-0.25, -0.2) is 9.97 Å². The number of aromatic nitrogens is 4. The first kappa shape index (κ1) is 11.4. The second-order valence-electron chi connectivity index (χ2n) is 5.26. The van der Waals surface area contributed by atoms with E-state index >= 15 is 0 Å². The molecule has 0 radical (unpaired) electrons. The van der Waals surface area contributed by atoms with Crippen LogP contribution in [0.25, 0.3) is 11.3 Å². The van der Waals surface area contributed by atoms with Gasteiger partial charge >= 0.3 is 0 Å². The molecule has 2 aromatic heterocycles. The molecule has 1 aromatic carbocycles. The highest BCUT2D eigenvalue weighted by Gasteiger charge is 2.43. The first-order valence-corrected chi connectivity index (χ1v) is 6.53. The van der Waals surface area contributed by atoms with Crippen molar-refractivity contribution < 1.29 is 5.11 Å². The van der Waals surface area contributed by atoms with E-state index in [0.717, 1.165) is 16.8 Å². The number of benzene rings is 1.